The first-order valence-corrected chi connectivity index (χ1v) is 8.79. The summed E-state index contributed by atoms with van der Waals surface area (Å²) >= 11 is 6.53. The Hall–Kier alpha value is -1.75. The van der Waals surface area contributed by atoms with Crippen LogP contribution in [0.5, 0.6) is 11.5 Å². The third-order valence-corrected chi connectivity index (χ3v) is 4.94. The molecule has 0 aliphatic carbocycles. The molecule has 0 spiro atoms. The lowest BCUT2D eigenvalue weighted by Gasteiger charge is -2.36. The summed E-state index contributed by atoms with van der Waals surface area (Å²) in [6, 6.07) is 14.5. The maximum absolute atomic E-state index is 6.53. The fourth-order valence-corrected chi connectivity index (χ4v) is 3.69. The molecule has 1 fully saturated rings. The van der Waals surface area contributed by atoms with Crippen LogP contribution >= 0.6 is 11.6 Å². The summed E-state index contributed by atoms with van der Waals surface area (Å²) in [6.07, 6.45) is 0. The van der Waals surface area contributed by atoms with E-state index >= 15 is 0 Å². The molecule has 4 nitrogen and oxygen atoms in total. The van der Waals surface area contributed by atoms with E-state index in [1.165, 1.54) is 5.56 Å². The molecule has 1 saturated heterocycles. The zero-order valence-corrected chi connectivity index (χ0v) is 14.3. The summed E-state index contributed by atoms with van der Waals surface area (Å²) in [6.45, 7) is 5.17. The van der Waals surface area contributed by atoms with Crippen molar-refractivity contribution in [2.24, 2.45) is 0 Å². The van der Waals surface area contributed by atoms with Gasteiger partial charge in [-0.05, 0) is 29.3 Å². The van der Waals surface area contributed by atoms with Gasteiger partial charge in [-0.15, -0.1) is 0 Å². The monoisotopic (exact) mass is 344 g/mol. The fraction of sp³-hybridized carbons (Fsp3) is 0.368. The van der Waals surface area contributed by atoms with Crippen molar-refractivity contribution in [3.8, 4) is 11.5 Å². The Kier molecular flexibility index (Phi) is 4.60. The lowest BCUT2D eigenvalue weighted by Crippen LogP contribution is -2.45. The van der Waals surface area contributed by atoms with E-state index in [2.05, 4.69) is 34.5 Å². The predicted octanol–water partition coefficient (Wildman–Crippen LogP) is 3.11. The SMILES string of the molecule is Clc1ccccc1C(c1ccc2c(c1)OCCO2)N1CCNCC1. The minimum atomic E-state index is 0.122. The number of ether oxygens (including phenoxy) is 2. The van der Waals surface area contributed by atoms with Gasteiger partial charge >= 0.3 is 0 Å². The van der Waals surface area contributed by atoms with E-state index in [9.17, 15) is 0 Å². The smallest absolute Gasteiger partial charge is 0.161 e. The predicted molar refractivity (Wildman–Crippen MR) is 95.2 cm³/mol. The number of hydrogen-bond donors (Lipinski definition) is 1. The molecule has 2 aromatic rings. The van der Waals surface area contributed by atoms with E-state index in [4.69, 9.17) is 21.1 Å². The largest absolute Gasteiger partial charge is 0.486 e. The minimum Gasteiger partial charge on any atom is -0.486 e. The van der Waals surface area contributed by atoms with Crippen LogP contribution in [0.4, 0.5) is 0 Å². The number of piperazine rings is 1. The molecule has 1 atom stereocenters. The van der Waals surface area contributed by atoms with Gasteiger partial charge in [-0.1, -0.05) is 35.9 Å². The molecule has 2 heterocycles. The number of nitrogens with one attached hydrogen (secondary N) is 1. The van der Waals surface area contributed by atoms with E-state index in [-0.39, 0.29) is 6.04 Å². The molecule has 4 rings (SSSR count). The topological polar surface area (TPSA) is 33.7 Å². The van der Waals surface area contributed by atoms with Crippen molar-refractivity contribution in [1.82, 2.24) is 10.2 Å². The van der Waals surface area contributed by atoms with Crippen LogP contribution in [-0.4, -0.2) is 44.3 Å². The third-order valence-electron chi connectivity index (χ3n) is 4.60. The van der Waals surface area contributed by atoms with Crippen molar-refractivity contribution >= 4 is 11.6 Å². The standard InChI is InChI=1S/C19H21ClN2O2/c20-16-4-2-1-3-15(16)19(22-9-7-21-8-10-22)14-5-6-17-18(13-14)24-12-11-23-17/h1-6,13,19,21H,7-12H2. The second-order valence-corrected chi connectivity index (χ2v) is 6.52. The lowest BCUT2D eigenvalue weighted by molar-refractivity contribution is 0.169. The van der Waals surface area contributed by atoms with E-state index < -0.39 is 0 Å². The normalized spacial score (nSPS) is 19.0. The van der Waals surface area contributed by atoms with Crippen LogP contribution in [0.25, 0.3) is 0 Å². The Labute approximate surface area is 147 Å². The minimum absolute atomic E-state index is 0.122. The first kappa shape index (κ1) is 15.8. The summed E-state index contributed by atoms with van der Waals surface area (Å²) < 4.78 is 11.4. The summed E-state index contributed by atoms with van der Waals surface area (Å²) in [5.41, 5.74) is 2.33. The average Bonchev–Trinajstić information content (AvgIpc) is 2.64. The van der Waals surface area contributed by atoms with E-state index in [1.54, 1.807) is 0 Å². The van der Waals surface area contributed by atoms with Crippen molar-refractivity contribution in [3.63, 3.8) is 0 Å². The first-order valence-electron chi connectivity index (χ1n) is 8.42. The van der Waals surface area contributed by atoms with Crippen molar-refractivity contribution in [2.45, 2.75) is 6.04 Å². The van der Waals surface area contributed by atoms with Crippen LogP contribution in [0.15, 0.2) is 42.5 Å². The molecule has 0 bridgehead atoms. The molecular weight excluding hydrogens is 324 g/mol. The Bertz CT molecular complexity index is 716. The van der Waals surface area contributed by atoms with Crippen LogP contribution in [0, 0.1) is 0 Å². The zero-order chi connectivity index (χ0) is 16.4. The second kappa shape index (κ2) is 7.01. The quantitative estimate of drug-likeness (QED) is 0.927. The highest BCUT2D eigenvalue weighted by Crippen LogP contribution is 2.38. The third kappa shape index (κ3) is 3.09. The molecule has 5 heteroatoms. The van der Waals surface area contributed by atoms with Gasteiger partial charge in [0.15, 0.2) is 11.5 Å². The summed E-state index contributed by atoms with van der Waals surface area (Å²) in [7, 11) is 0. The highest BCUT2D eigenvalue weighted by atomic mass is 35.5. The van der Waals surface area contributed by atoms with Crippen molar-refractivity contribution in [3.05, 3.63) is 58.6 Å². The Morgan fingerprint density at radius 2 is 1.71 bits per heavy atom. The van der Waals surface area contributed by atoms with Gasteiger partial charge in [-0.25, -0.2) is 0 Å². The number of halogens is 1. The Balaban J connectivity index is 1.76. The number of benzene rings is 2. The van der Waals surface area contributed by atoms with Gasteiger partial charge in [-0.3, -0.25) is 4.90 Å². The van der Waals surface area contributed by atoms with E-state index in [1.807, 2.05) is 18.2 Å². The Morgan fingerprint density at radius 3 is 2.50 bits per heavy atom. The highest BCUT2D eigenvalue weighted by molar-refractivity contribution is 6.31. The number of hydrogen-bond acceptors (Lipinski definition) is 4. The highest BCUT2D eigenvalue weighted by Gasteiger charge is 2.27. The second-order valence-electron chi connectivity index (χ2n) is 6.11. The molecule has 2 aromatic carbocycles. The number of fused-ring (bicyclic) bond motifs is 1. The molecule has 1 N–H and O–H groups in total. The van der Waals surface area contributed by atoms with Crippen LogP contribution in [-0.2, 0) is 0 Å². The molecule has 0 aromatic heterocycles. The van der Waals surface area contributed by atoms with Crippen LogP contribution < -0.4 is 14.8 Å². The molecule has 2 aliphatic rings. The van der Waals surface area contributed by atoms with Gasteiger partial charge in [0.1, 0.15) is 13.2 Å². The van der Waals surface area contributed by atoms with Crippen molar-refractivity contribution in [2.75, 3.05) is 39.4 Å². The van der Waals surface area contributed by atoms with Gasteiger partial charge in [0.2, 0.25) is 0 Å². The summed E-state index contributed by atoms with van der Waals surface area (Å²) in [5.74, 6) is 1.65. The van der Waals surface area contributed by atoms with Gasteiger partial charge in [0.05, 0.1) is 6.04 Å². The number of rotatable bonds is 3. The van der Waals surface area contributed by atoms with Crippen LogP contribution in [0.3, 0.4) is 0 Å². The van der Waals surface area contributed by atoms with E-state index in [0.717, 1.165) is 48.3 Å². The van der Waals surface area contributed by atoms with Gasteiger partial charge < -0.3 is 14.8 Å². The molecular formula is C19H21ClN2O2. The molecule has 2 aliphatic heterocycles. The maximum Gasteiger partial charge on any atom is 0.161 e. The average molecular weight is 345 g/mol. The van der Waals surface area contributed by atoms with E-state index in [0.29, 0.717) is 13.2 Å². The number of nitrogens with zero attached hydrogens (tertiary/aromatic N) is 1. The van der Waals surface area contributed by atoms with Gasteiger partial charge in [-0.2, -0.15) is 0 Å². The Morgan fingerprint density at radius 1 is 0.958 bits per heavy atom. The summed E-state index contributed by atoms with van der Waals surface area (Å²) in [4.78, 5) is 2.48. The maximum atomic E-state index is 6.53. The summed E-state index contributed by atoms with van der Waals surface area (Å²) in [5, 5.41) is 4.22. The lowest BCUT2D eigenvalue weighted by atomic mass is 9.96. The fourth-order valence-electron chi connectivity index (χ4n) is 3.45. The van der Waals surface area contributed by atoms with Crippen molar-refractivity contribution in [1.29, 1.82) is 0 Å². The molecule has 0 saturated carbocycles. The van der Waals surface area contributed by atoms with Gasteiger partial charge in [0.25, 0.3) is 0 Å². The molecule has 126 valence electrons. The zero-order valence-electron chi connectivity index (χ0n) is 13.5. The molecule has 0 amide bonds. The van der Waals surface area contributed by atoms with Gasteiger partial charge in [0, 0.05) is 31.2 Å². The van der Waals surface area contributed by atoms with Crippen LogP contribution in [0.2, 0.25) is 5.02 Å². The van der Waals surface area contributed by atoms with Crippen LogP contribution in [0.1, 0.15) is 17.2 Å². The molecule has 24 heavy (non-hydrogen) atoms. The molecule has 1 unspecified atom stereocenters. The first-order chi connectivity index (χ1) is 11.8. The molecule has 0 radical (unpaired) electrons. The van der Waals surface area contributed by atoms with Crippen molar-refractivity contribution < 1.29 is 9.47 Å².